The number of halogens is 1. The van der Waals surface area contributed by atoms with Gasteiger partial charge in [0, 0.05) is 12.5 Å². The van der Waals surface area contributed by atoms with Gasteiger partial charge in [-0.2, -0.15) is 0 Å². The van der Waals surface area contributed by atoms with E-state index in [0.717, 1.165) is 36.9 Å². The summed E-state index contributed by atoms with van der Waals surface area (Å²) in [5.74, 6) is 3.50. The third-order valence-electron chi connectivity index (χ3n) is 3.83. The minimum Gasteiger partial charge on any atom is -0.369 e. The Morgan fingerprint density at radius 1 is 1.26 bits per heavy atom. The molecule has 2 rings (SSSR count). The molecular weight excluding hydrogens is 349 g/mol. The zero-order chi connectivity index (χ0) is 13.8. The number of hydrogen-bond acceptors (Lipinski definition) is 3. The Balaban J connectivity index is 2.32. The third-order valence-corrected chi connectivity index (χ3v) is 4.96. The van der Waals surface area contributed by atoms with Crippen LogP contribution in [0.3, 0.4) is 0 Å². The third kappa shape index (κ3) is 3.58. The van der Waals surface area contributed by atoms with E-state index >= 15 is 0 Å². The van der Waals surface area contributed by atoms with Crippen molar-refractivity contribution in [3.8, 4) is 0 Å². The van der Waals surface area contributed by atoms with Crippen LogP contribution in [0.25, 0.3) is 0 Å². The molecule has 1 aliphatic rings. The summed E-state index contributed by atoms with van der Waals surface area (Å²) in [4.78, 5) is 9.65. The van der Waals surface area contributed by atoms with Crippen LogP contribution < -0.4 is 5.32 Å². The highest BCUT2D eigenvalue weighted by atomic mass is 127. The molecule has 106 valence electrons. The zero-order valence-electron chi connectivity index (χ0n) is 12.2. The lowest BCUT2D eigenvalue weighted by Crippen LogP contribution is -2.11. The van der Waals surface area contributed by atoms with Crippen molar-refractivity contribution in [2.24, 2.45) is 5.92 Å². The molecule has 1 saturated carbocycles. The van der Waals surface area contributed by atoms with E-state index in [2.05, 4.69) is 48.7 Å². The van der Waals surface area contributed by atoms with Crippen molar-refractivity contribution in [2.45, 2.75) is 58.8 Å². The van der Waals surface area contributed by atoms with Gasteiger partial charge in [0.05, 0.1) is 9.26 Å². The van der Waals surface area contributed by atoms with Crippen LogP contribution in [-0.4, -0.2) is 16.5 Å². The highest BCUT2D eigenvalue weighted by Gasteiger charge is 2.26. The fourth-order valence-electron chi connectivity index (χ4n) is 2.82. The molecular formula is C15H24IN3. The number of aryl methyl sites for hydroxylation is 1. The molecule has 0 aromatic carbocycles. The molecule has 2 atom stereocenters. The predicted octanol–water partition coefficient (Wildman–Crippen LogP) is 4.37. The van der Waals surface area contributed by atoms with Crippen molar-refractivity contribution in [3.05, 3.63) is 15.1 Å². The first-order valence-corrected chi connectivity index (χ1v) is 8.53. The molecule has 0 aliphatic heterocycles. The summed E-state index contributed by atoms with van der Waals surface area (Å²) in [5.41, 5.74) is 1.23. The van der Waals surface area contributed by atoms with Crippen molar-refractivity contribution in [1.29, 1.82) is 0 Å². The van der Waals surface area contributed by atoms with Gasteiger partial charge in [0.2, 0.25) is 0 Å². The largest absolute Gasteiger partial charge is 0.369 e. The van der Waals surface area contributed by atoms with Gasteiger partial charge in [0.15, 0.2) is 0 Å². The summed E-state index contributed by atoms with van der Waals surface area (Å²) in [6, 6.07) is 0. The highest BCUT2D eigenvalue weighted by molar-refractivity contribution is 14.1. The van der Waals surface area contributed by atoms with E-state index in [0.29, 0.717) is 5.92 Å². The van der Waals surface area contributed by atoms with Crippen LogP contribution in [0.15, 0.2) is 0 Å². The predicted molar refractivity (Wildman–Crippen MR) is 88.7 cm³/mol. The average Bonchev–Trinajstić information content (AvgIpc) is 2.81. The molecule has 3 nitrogen and oxygen atoms in total. The first-order valence-electron chi connectivity index (χ1n) is 7.45. The van der Waals surface area contributed by atoms with Crippen LogP contribution in [0.1, 0.15) is 63.9 Å². The fourth-order valence-corrected chi connectivity index (χ4v) is 3.53. The molecule has 1 N–H and O–H groups in total. The van der Waals surface area contributed by atoms with E-state index in [1.165, 1.54) is 28.5 Å². The second-order valence-corrected chi connectivity index (χ2v) is 6.67. The van der Waals surface area contributed by atoms with Gasteiger partial charge in [-0.05, 0) is 61.1 Å². The summed E-state index contributed by atoms with van der Waals surface area (Å²) in [6.07, 6.45) is 6.00. The zero-order valence-corrected chi connectivity index (χ0v) is 14.3. The SMILES string of the molecule is CCCc1nc(C2CCC(C)C2)nc(NCC)c1I. The number of nitrogens with one attached hydrogen (secondary N) is 1. The Morgan fingerprint density at radius 2 is 2.05 bits per heavy atom. The van der Waals surface area contributed by atoms with E-state index in [4.69, 9.17) is 9.97 Å². The summed E-state index contributed by atoms with van der Waals surface area (Å²) >= 11 is 2.38. The van der Waals surface area contributed by atoms with Gasteiger partial charge in [-0.1, -0.05) is 20.3 Å². The lowest BCUT2D eigenvalue weighted by molar-refractivity contribution is 0.583. The Bertz CT molecular complexity index is 406. The number of aromatic nitrogens is 2. The lowest BCUT2D eigenvalue weighted by atomic mass is 10.1. The Labute approximate surface area is 130 Å². The summed E-state index contributed by atoms with van der Waals surface area (Å²) in [7, 11) is 0. The minimum atomic E-state index is 0.569. The summed E-state index contributed by atoms with van der Waals surface area (Å²) < 4.78 is 1.20. The van der Waals surface area contributed by atoms with Crippen LogP contribution >= 0.6 is 22.6 Å². The Kier molecular flexibility index (Phi) is 5.42. The van der Waals surface area contributed by atoms with Crippen molar-refractivity contribution < 1.29 is 0 Å². The molecule has 1 aromatic heterocycles. The quantitative estimate of drug-likeness (QED) is 0.779. The monoisotopic (exact) mass is 373 g/mol. The molecule has 2 unspecified atom stereocenters. The smallest absolute Gasteiger partial charge is 0.143 e. The molecule has 0 amide bonds. The topological polar surface area (TPSA) is 37.8 Å². The Hall–Kier alpha value is -0.390. The molecule has 4 heteroatoms. The van der Waals surface area contributed by atoms with Gasteiger partial charge in [-0.3, -0.25) is 0 Å². The van der Waals surface area contributed by atoms with Gasteiger partial charge in [0.1, 0.15) is 11.6 Å². The van der Waals surface area contributed by atoms with E-state index in [1.807, 2.05) is 0 Å². The lowest BCUT2D eigenvalue weighted by Gasteiger charge is -2.15. The first kappa shape index (κ1) is 15.0. The van der Waals surface area contributed by atoms with Crippen molar-refractivity contribution >= 4 is 28.4 Å². The maximum absolute atomic E-state index is 4.86. The molecule has 0 radical (unpaired) electrons. The second kappa shape index (κ2) is 6.86. The van der Waals surface area contributed by atoms with Crippen LogP contribution in [0.4, 0.5) is 5.82 Å². The number of rotatable bonds is 5. The van der Waals surface area contributed by atoms with Crippen LogP contribution in [0, 0.1) is 9.49 Å². The molecule has 1 aromatic rings. The average molecular weight is 373 g/mol. The van der Waals surface area contributed by atoms with Gasteiger partial charge in [-0.25, -0.2) is 9.97 Å². The maximum atomic E-state index is 4.86. The first-order chi connectivity index (χ1) is 9.15. The van der Waals surface area contributed by atoms with Gasteiger partial charge >= 0.3 is 0 Å². The van der Waals surface area contributed by atoms with Crippen LogP contribution in [0.2, 0.25) is 0 Å². The van der Waals surface area contributed by atoms with Crippen LogP contribution in [0.5, 0.6) is 0 Å². The van der Waals surface area contributed by atoms with Crippen LogP contribution in [-0.2, 0) is 6.42 Å². The second-order valence-electron chi connectivity index (χ2n) is 5.59. The highest BCUT2D eigenvalue weighted by Crippen LogP contribution is 2.37. The van der Waals surface area contributed by atoms with E-state index in [1.54, 1.807) is 0 Å². The van der Waals surface area contributed by atoms with Gasteiger partial charge in [0.25, 0.3) is 0 Å². The molecule has 1 fully saturated rings. The number of nitrogens with zero attached hydrogens (tertiary/aromatic N) is 2. The molecule has 1 heterocycles. The molecule has 0 bridgehead atoms. The van der Waals surface area contributed by atoms with Gasteiger partial charge < -0.3 is 5.32 Å². The van der Waals surface area contributed by atoms with Crippen molar-refractivity contribution in [3.63, 3.8) is 0 Å². The number of hydrogen-bond donors (Lipinski definition) is 1. The van der Waals surface area contributed by atoms with E-state index in [-0.39, 0.29) is 0 Å². The summed E-state index contributed by atoms with van der Waals surface area (Å²) in [6.45, 7) is 7.58. The standard InChI is InChI=1S/C15H24IN3/c1-4-6-12-13(16)15(17-5-2)19-14(18-12)11-8-7-10(3)9-11/h10-11H,4-9H2,1-3H3,(H,17,18,19). The van der Waals surface area contributed by atoms with Crippen molar-refractivity contribution in [1.82, 2.24) is 9.97 Å². The van der Waals surface area contributed by atoms with E-state index < -0.39 is 0 Å². The molecule has 1 aliphatic carbocycles. The summed E-state index contributed by atoms with van der Waals surface area (Å²) in [5, 5.41) is 3.39. The normalized spacial score (nSPS) is 22.7. The Morgan fingerprint density at radius 3 is 2.63 bits per heavy atom. The van der Waals surface area contributed by atoms with Gasteiger partial charge in [-0.15, -0.1) is 0 Å². The number of anilines is 1. The molecule has 0 saturated heterocycles. The van der Waals surface area contributed by atoms with E-state index in [9.17, 15) is 0 Å². The molecule has 0 spiro atoms. The molecule has 19 heavy (non-hydrogen) atoms. The fraction of sp³-hybridized carbons (Fsp3) is 0.733. The minimum absolute atomic E-state index is 0.569. The maximum Gasteiger partial charge on any atom is 0.143 e. The van der Waals surface area contributed by atoms with Crippen molar-refractivity contribution in [2.75, 3.05) is 11.9 Å².